The topological polar surface area (TPSA) is 70.1 Å². The van der Waals surface area contributed by atoms with Gasteiger partial charge in [-0.3, -0.25) is 0 Å². The highest BCUT2D eigenvalue weighted by Crippen LogP contribution is 2.28. The highest BCUT2D eigenvalue weighted by atomic mass is 16.5. The van der Waals surface area contributed by atoms with E-state index < -0.39 is 12.0 Å². The van der Waals surface area contributed by atoms with Crippen LogP contribution >= 0.6 is 0 Å². The number of carboxylic acids is 1. The average Bonchev–Trinajstić information content (AvgIpc) is 2.91. The zero-order valence-corrected chi connectivity index (χ0v) is 13.1. The minimum Gasteiger partial charge on any atom is -0.480 e. The van der Waals surface area contributed by atoms with Gasteiger partial charge < -0.3 is 19.6 Å². The number of likely N-dealkylation sites (tertiary alicyclic amines) is 1. The van der Waals surface area contributed by atoms with E-state index in [1.54, 1.807) is 19.1 Å². The molecule has 1 saturated carbocycles. The molecular formula is C15H26N2O4. The second-order valence-electron chi connectivity index (χ2n) is 6.41. The van der Waals surface area contributed by atoms with E-state index in [-0.39, 0.29) is 18.2 Å². The molecule has 1 saturated heterocycles. The van der Waals surface area contributed by atoms with Crippen molar-refractivity contribution in [2.45, 2.75) is 57.2 Å². The molecule has 2 rings (SSSR count). The van der Waals surface area contributed by atoms with E-state index in [1.165, 1.54) is 4.90 Å². The van der Waals surface area contributed by atoms with E-state index in [0.29, 0.717) is 13.0 Å². The largest absolute Gasteiger partial charge is 0.480 e. The third kappa shape index (κ3) is 3.48. The Balaban J connectivity index is 2.02. The smallest absolute Gasteiger partial charge is 0.326 e. The van der Waals surface area contributed by atoms with Crippen LogP contribution in [0.2, 0.25) is 0 Å². The van der Waals surface area contributed by atoms with Crippen LogP contribution < -0.4 is 0 Å². The maximum atomic E-state index is 12.6. The zero-order chi connectivity index (χ0) is 15.6. The van der Waals surface area contributed by atoms with Crippen molar-refractivity contribution in [3.63, 3.8) is 0 Å². The summed E-state index contributed by atoms with van der Waals surface area (Å²) >= 11 is 0. The minimum atomic E-state index is -0.950. The third-order valence-electron chi connectivity index (χ3n) is 4.96. The first-order valence-electron chi connectivity index (χ1n) is 7.73. The quantitative estimate of drug-likeness (QED) is 0.862. The molecule has 0 aromatic carbocycles. The van der Waals surface area contributed by atoms with Crippen LogP contribution in [0.3, 0.4) is 0 Å². The normalized spacial score (nSPS) is 33.0. The van der Waals surface area contributed by atoms with Gasteiger partial charge in [0, 0.05) is 33.2 Å². The van der Waals surface area contributed by atoms with Crippen molar-refractivity contribution in [3.8, 4) is 0 Å². The van der Waals surface area contributed by atoms with Crippen LogP contribution in [0.15, 0.2) is 0 Å². The van der Waals surface area contributed by atoms with Gasteiger partial charge in [0.2, 0.25) is 0 Å². The fourth-order valence-corrected chi connectivity index (χ4v) is 3.40. The average molecular weight is 298 g/mol. The molecule has 6 nitrogen and oxygen atoms in total. The zero-order valence-electron chi connectivity index (χ0n) is 13.1. The molecule has 0 spiro atoms. The van der Waals surface area contributed by atoms with Crippen molar-refractivity contribution in [1.29, 1.82) is 0 Å². The molecule has 0 aromatic heterocycles. The fourth-order valence-electron chi connectivity index (χ4n) is 3.40. The summed E-state index contributed by atoms with van der Waals surface area (Å²) < 4.78 is 5.24. The van der Waals surface area contributed by atoms with Gasteiger partial charge in [0.15, 0.2) is 0 Å². The Morgan fingerprint density at radius 2 is 1.86 bits per heavy atom. The van der Waals surface area contributed by atoms with Crippen molar-refractivity contribution in [3.05, 3.63) is 0 Å². The number of hydrogen-bond acceptors (Lipinski definition) is 3. The number of amides is 2. The first-order chi connectivity index (χ1) is 9.93. The Hall–Kier alpha value is -1.30. The molecule has 0 aromatic rings. The highest BCUT2D eigenvalue weighted by molar-refractivity contribution is 5.83. The molecule has 21 heavy (non-hydrogen) atoms. The molecule has 2 unspecified atom stereocenters. The number of aliphatic carboxylic acids is 1. The molecule has 6 heteroatoms. The van der Waals surface area contributed by atoms with Gasteiger partial charge in [0.05, 0.1) is 6.10 Å². The molecule has 2 atom stereocenters. The SMILES string of the molecule is COC1CC(C(=O)O)N(C(=O)N(C)C2CCC(C)CC2)C1. The first kappa shape index (κ1) is 16.1. The summed E-state index contributed by atoms with van der Waals surface area (Å²) in [6, 6.07) is -0.723. The Morgan fingerprint density at radius 1 is 1.24 bits per heavy atom. The van der Waals surface area contributed by atoms with Crippen molar-refractivity contribution >= 4 is 12.0 Å². The number of rotatable bonds is 3. The van der Waals surface area contributed by atoms with E-state index in [0.717, 1.165) is 31.6 Å². The predicted molar refractivity (Wildman–Crippen MR) is 78.1 cm³/mol. The number of ether oxygens (including phenoxy) is 1. The Labute approximate surface area is 126 Å². The Bertz CT molecular complexity index is 393. The summed E-state index contributed by atoms with van der Waals surface area (Å²) in [6.45, 7) is 2.60. The van der Waals surface area contributed by atoms with Crippen molar-refractivity contribution in [2.75, 3.05) is 20.7 Å². The van der Waals surface area contributed by atoms with Gasteiger partial charge in [-0.25, -0.2) is 9.59 Å². The lowest BCUT2D eigenvalue weighted by Gasteiger charge is -2.36. The summed E-state index contributed by atoms with van der Waals surface area (Å²) in [5.74, 6) is -0.227. The molecule has 0 radical (unpaired) electrons. The first-order valence-corrected chi connectivity index (χ1v) is 7.73. The number of methoxy groups -OCH3 is 1. The number of hydrogen-bond donors (Lipinski definition) is 1. The number of carbonyl (C=O) groups excluding carboxylic acids is 1. The molecule has 1 heterocycles. The summed E-state index contributed by atoms with van der Waals surface area (Å²) in [5, 5.41) is 9.30. The summed E-state index contributed by atoms with van der Waals surface area (Å²) in [5.41, 5.74) is 0. The maximum Gasteiger partial charge on any atom is 0.326 e. The lowest BCUT2D eigenvalue weighted by atomic mass is 9.87. The van der Waals surface area contributed by atoms with E-state index in [4.69, 9.17) is 4.74 Å². The van der Waals surface area contributed by atoms with Crippen molar-refractivity contribution in [2.24, 2.45) is 5.92 Å². The van der Waals surface area contributed by atoms with Crippen LogP contribution in [0.25, 0.3) is 0 Å². The monoisotopic (exact) mass is 298 g/mol. The van der Waals surface area contributed by atoms with Gasteiger partial charge in [-0.2, -0.15) is 0 Å². The van der Waals surface area contributed by atoms with Crippen LogP contribution in [0.1, 0.15) is 39.0 Å². The minimum absolute atomic E-state index is 0.179. The summed E-state index contributed by atoms with van der Waals surface area (Å²) in [4.78, 5) is 27.2. The second-order valence-corrected chi connectivity index (χ2v) is 6.41. The number of carboxylic acid groups (broad SMARTS) is 1. The van der Waals surface area contributed by atoms with Gasteiger partial charge in [-0.1, -0.05) is 6.92 Å². The van der Waals surface area contributed by atoms with E-state index in [2.05, 4.69) is 6.92 Å². The standard InChI is InChI=1S/C15H26N2O4/c1-10-4-6-11(7-5-10)16(2)15(20)17-9-12(21-3)8-13(17)14(18)19/h10-13H,4-9H2,1-3H3,(H,18,19). The highest BCUT2D eigenvalue weighted by Gasteiger charge is 2.42. The molecule has 2 aliphatic rings. The molecule has 1 aliphatic heterocycles. The molecule has 120 valence electrons. The lowest BCUT2D eigenvalue weighted by molar-refractivity contribution is -0.141. The van der Waals surface area contributed by atoms with Crippen LogP contribution in [0.4, 0.5) is 4.79 Å². The Kier molecular flexibility index (Phi) is 5.08. The molecule has 2 amide bonds. The number of nitrogens with zero attached hydrogens (tertiary/aromatic N) is 2. The molecule has 0 bridgehead atoms. The molecule has 1 N–H and O–H groups in total. The number of urea groups is 1. The van der Waals surface area contributed by atoms with E-state index in [9.17, 15) is 14.7 Å². The fraction of sp³-hybridized carbons (Fsp3) is 0.867. The second kappa shape index (κ2) is 6.64. The van der Waals surface area contributed by atoms with Gasteiger partial charge >= 0.3 is 12.0 Å². The van der Waals surface area contributed by atoms with Crippen LogP contribution in [0, 0.1) is 5.92 Å². The van der Waals surface area contributed by atoms with Gasteiger partial charge in [-0.15, -0.1) is 0 Å². The lowest BCUT2D eigenvalue weighted by Crippen LogP contribution is -2.50. The summed E-state index contributed by atoms with van der Waals surface area (Å²) in [6.07, 6.45) is 4.45. The molecule has 2 fully saturated rings. The van der Waals surface area contributed by atoms with Crippen LogP contribution in [-0.4, -0.2) is 65.8 Å². The Morgan fingerprint density at radius 3 is 2.38 bits per heavy atom. The van der Waals surface area contributed by atoms with Gasteiger partial charge in [0.1, 0.15) is 6.04 Å². The van der Waals surface area contributed by atoms with E-state index >= 15 is 0 Å². The van der Waals surface area contributed by atoms with Gasteiger partial charge in [0.25, 0.3) is 0 Å². The van der Waals surface area contributed by atoms with Gasteiger partial charge in [-0.05, 0) is 31.6 Å². The third-order valence-corrected chi connectivity index (χ3v) is 4.96. The van der Waals surface area contributed by atoms with Crippen molar-refractivity contribution in [1.82, 2.24) is 9.80 Å². The van der Waals surface area contributed by atoms with Crippen molar-refractivity contribution < 1.29 is 19.4 Å². The maximum absolute atomic E-state index is 12.6. The summed E-state index contributed by atoms with van der Waals surface area (Å²) in [7, 11) is 3.35. The predicted octanol–water partition coefficient (Wildman–Crippen LogP) is 1.79. The number of carbonyl (C=O) groups is 2. The molecular weight excluding hydrogens is 272 g/mol. The molecule has 1 aliphatic carbocycles. The van der Waals surface area contributed by atoms with E-state index in [1.807, 2.05) is 0 Å². The van der Waals surface area contributed by atoms with Crippen LogP contribution in [-0.2, 0) is 9.53 Å². The van der Waals surface area contributed by atoms with Crippen LogP contribution in [0.5, 0.6) is 0 Å².